The predicted molar refractivity (Wildman–Crippen MR) is 89.0 cm³/mol. The molecule has 0 fully saturated rings. The van der Waals surface area contributed by atoms with E-state index in [0.29, 0.717) is 13.2 Å². The molecule has 0 saturated carbocycles. The molecule has 2 aromatic carbocycles. The van der Waals surface area contributed by atoms with E-state index in [1.807, 2.05) is 30.3 Å². The molecule has 21 heavy (non-hydrogen) atoms. The largest absolute Gasteiger partial charge is 0.494 e. The minimum Gasteiger partial charge on any atom is -0.494 e. The molecule has 0 aromatic heterocycles. The summed E-state index contributed by atoms with van der Waals surface area (Å²) in [6, 6.07) is 17.9. The predicted octanol–water partition coefficient (Wildman–Crippen LogP) is 4.42. The van der Waals surface area contributed by atoms with Crippen LogP contribution in [0.2, 0.25) is 5.02 Å². The highest BCUT2D eigenvalue weighted by Gasteiger charge is 2.24. The first-order valence-corrected chi connectivity index (χ1v) is 7.66. The minimum atomic E-state index is 0.00458. The van der Waals surface area contributed by atoms with Gasteiger partial charge in [-0.1, -0.05) is 48.9 Å². The zero-order chi connectivity index (χ0) is 15.1. The highest BCUT2D eigenvalue weighted by atomic mass is 35.5. The monoisotopic (exact) mass is 303 g/mol. The number of hydrogen-bond acceptors (Lipinski definition) is 2. The second kappa shape index (κ2) is 7.48. The van der Waals surface area contributed by atoms with Gasteiger partial charge in [-0.3, -0.25) is 0 Å². The van der Waals surface area contributed by atoms with E-state index in [1.165, 1.54) is 5.56 Å². The first-order valence-electron chi connectivity index (χ1n) is 7.28. The lowest BCUT2D eigenvalue weighted by Crippen LogP contribution is -2.32. The van der Waals surface area contributed by atoms with Crippen molar-refractivity contribution in [1.82, 2.24) is 0 Å². The number of benzene rings is 2. The molecule has 1 unspecified atom stereocenters. The van der Waals surface area contributed by atoms with Gasteiger partial charge in [-0.2, -0.15) is 0 Å². The van der Waals surface area contributed by atoms with Crippen molar-refractivity contribution in [3.05, 3.63) is 65.2 Å². The summed E-state index contributed by atoms with van der Waals surface area (Å²) in [6.45, 7) is 3.53. The molecule has 0 aliphatic heterocycles. The number of ether oxygens (including phenoxy) is 1. The van der Waals surface area contributed by atoms with Crippen LogP contribution in [-0.4, -0.2) is 13.2 Å². The first-order chi connectivity index (χ1) is 10.1. The van der Waals surface area contributed by atoms with Crippen molar-refractivity contribution in [3.63, 3.8) is 0 Å². The highest BCUT2D eigenvalue weighted by molar-refractivity contribution is 6.30. The fraction of sp³-hybridized carbons (Fsp3) is 0.333. The maximum Gasteiger partial charge on any atom is 0.119 e. The molecule has 0 heterocycles. The Morgan fingerprint density at radius 3 is 2.33 bits per heavy atom. The third-order valence-corrected chi connectivity index (χ3v) is 4.13. The van der Waals surface area contributed by atoms with Crippen molar-refractivity contribution in [3.8, 4) is 5.75 Å². The van der Waals surface area contributed by atoms with Crippen LogP contribution in [0.15, 0.2) is 54.6 Å². The molecule has 3 heteroatoms. The fourth-order valence-electron chi connectivity index (χ4n) is 2.39. The van der Waals surface area contributed by atoms with Crippen LogP contribution in [0, 0.1) is 0 Å². The lowest BCUT2D eigenvalue weighted by molar-refractivity contribution is 0.285. The normalized spacial score (nSPS) is 13.7. The van der Waals surface area contributed by atoms with E-state index in [-0.39, 0.29) is 5.41 Å². The van der Waals surface area contributed by atoms with E-state index in [1.54, 1.807) is 0 Å². The Kier molecular flexibility index (Phi) is 5.66. The molecule has 2 rings (SSSR count). The second-order valence-electron chi connectivity index (χ2n) is 5.54. The SMILES string of the molecule is CC(CN)(CCCOc1ccc(Cl)cc1)c1ccccc1. The van der Waals surface area contributed by atoms with Gasteiger partial charge in [0.25, 0.3) is 0 Å². The summed E-state index contributed by atoms with van der Waals surface area (Å²) in [7, 11) is 0. The average molecular weight is 304 g/mol. The van der Waals surface area contributed by atoms with Gasteiger partial charge >= 0.3 is 0 Å². The van der Waals surface area contributed by atoms with Crippen LogP contribution < -0.4 is 10.5 Å². The summed E-state index contributed by atoms with van der Waals surface area (Å²) in [5.41, 5.74) is 7.29. The van der Waals surface area contributed by atoms with Gasteiger partial charge in [-0.15, -0.1) is 0 Å². The standard InChI is InChI=1S/C18H22ClNO/c1-18(14-20,15-6-3-2-4-7-15)12-5-13-21-17-10-8-16(19)9-11-17/h2-4,6-11H,5,12-14,20H2,1H3. The second-order valence-corrected chi connectivity index (χ2v) is 5.97. The molecule has 1 atom stereocenters. The molecular weight excluding hydrogens is 282 g/mol. The number of hydrogen-bond donors (Lipinski definition) is 1. The van der Waals surface area contributed by atoms with Gasteiger partial charge in [-0.05, 0) is 42.7 Å². The van der Waals surface area contributed by atoms with E-state index in [4.69, 9.17) is 22.1 Å². The Hall–Kier alpha value is -1.51. The van der Waals surface area contributed by atoms with Crippen molar-refractivity contribution in [2.45, 2.75) is 25.2 Å². The van der Waals surface area contributed by atoms with E-state index in [2.05, 4.69) is 31.2 Å². The van der Waals surface area contributed by atoms with Gasteiger partial charge in [0, 0.05) is 17.0 Å². The summed E-state index contributed by atoms with van der Waals surface area (Å²) in [5, 5.41) is 0.724. The zero-order valence-electron chi connectivity index (χ0n) is 12.4. The average Bonchev–Trinajstić information content (AvgIpc) is 2.54. The molecule has 0 bridgehead atoms. The smallest absolute Gasteiger partial charge is 0.119 e. The van der Waals surface area contributed by atoms with Gasteiger partial charge in [0.05, 0.1) is 6.61 Å². The lowest BCUT2D eigenvalue weighted by Gasteiger charge is -2.28. The molecule has 0 spiro atoms. The number of rotatable bonds is 7. The van der Waals surface area contributed by atoms with Gasteiger partial charge in [0.15, 0.2) is 0 Å². The number of halogens is 1. The maximum atomic E-state index is 5.99. The zero-order valence-corrected chi connectivity index (χ0v) is 13.1. The van der Waals surface area contributed by atoms with Crippen molar-refractivity contribution in [2.75, 3.05) is 13.2 Å². The summed E-state index contributed by atoms with van der Waals surface area (Å²) < 4.78 is 5.74. The minimum absolute atomic E-state index is 0.00458. The highest BCUT2D eigenvalue weighted by Crippen LogP contribution is 2.28. The molecule has 2 N–H and O–H groups in total. The van der Waals surface area contributed by atoms with E-state index in [9.17, 15) is 0 Å². The molecule has 0 aliphatic carbocycles. The summed E-state index contributed by atoms with van der Waals surface area (Å²) in [5.74, 6) is 0.855. The molecule has 0 saturated heterocycles. The summed E-state index contributed by atoms with van der Waals surface area (Å²) in [6.07, 6.45) is 1.96. The van der Waals surface area contributed by atoms with Crippen molar-refractivity contribution in [2.24, 2.45) is 5.73 Å². The van der Waals surface area contributed by atoms with Gasteiger partial charge in [-0.25, -0.2) is 0 Å². The Bertz CT molecular complexity index is 541. The lowest BCUT2D eigenvalue weighted by atomic mass is 9.79. The molecule has 0 aliphatic rings. The van der Waals surface area contributed by atoms with Crippen LogP contribution in [0.5, 0.6) is 5.75 Å². The Morgan fingerprint density at radius 2 is 1.71 bits per heavy atom. The van der Waals surface area contributed by atoms with Crippen LogP contribution in [0.25, 0.3) is 0 Å². The summed E-state index contributed by atoms with van der Waals surface area (Å²) >= 11 is 5.85. The molecule has 0 radical (unpaired) electrons. The third kappa shape index (κ3) is 4.48. The van der Waals surface area contributed by atoms with Gasteiger partial charge in [0.2, 0.25) is 0 Å². The maximum absolute atomic E-state index is 5.99. The van der Waals surface area contributed by atoms with E-state index < -0.39 is 0 Å². The van der Waals surface area contributed by atoms with E-state index in [0.717, 1.165) is 23.6 Å². The molecule has 0 amide bonds. The van der Waals surface area contributed by atoms with Crippen LogP contribution in [0.1, 0.15) is 25.3 Å². The number of nitrogens with two attached hydrogens (primary N) is 1. The Balaban J connectivity index is 1.85. The first kappa shape index (κ1) is 15.9. The van der Waals surface area contributed by atoms with Crippen molar-refractivity contribution < 1.29 is 4.74 Å². The van der Waals surface area contributed by atoms with Gasteiger partial charge in [0.1, 0.15) is 5.75 Å². The Labute approximate surface area is 131 Å². The molecule has 2 aromatic rings. The van der Waals surface area contributed by atoms with Crippen LogP contribution in [0.3, 0.4) is 0 Å². The van der Waals surface area contributed by atoms with Crippen LogP contribution >= 0.6 is 11.6 Å². The van der Waals surface area contributed by atoms with Crippen LogP contribution in [-0.2, 0) is 5.41 Å². The van der Waals surface area contributed by atoms with Crippen LogP contribution in [0.4, 0.5) is 0 Å². The van der Waals surface area contributed by atoms with E-state index >= 15 is 0 Å². The van der Waals surface area contributed by atoms with Crippen molar-refractivity contribution >= 4 is 11.6 Å². The fourth-order valence-corrected chi connectivity index (χ4v) is 2.51. The molecular formula is C18H22ClNO. The molecule has 2 nitrogen and oxygen atoms in total. The quantitative estimate of drug-likeness (QED) is 0.769. The Morgan fingerprint density at radius 1 is 1.05 bits per heavy atom. The topological polar surface area (TPSA) is 35.2 Å². The molecule has 112 valence electrons. The summed E-state index contributed by atoms with van der Waals surface area (Å²) in [4.78, 5) is 0. The third-order valence-electron chi connectivity index (χ3n) is 3.88. The van der Waals surface area contributed by atoms with Gasteiger partial charge < -0.3 is 10.5 Å². The van der Waals surface area contributed by atoms with Crippen molar-refractivity contribution in [1.29, 1.82) is 0 Å².